The molecule has 0 aliphatic rings. The van der Waals surface area contributed by atoms with Gasteiger partial charge in [-0.15, -0.1) is 5.10 Å². The molecule has 10 heteroatoms. The van der Waals surface area contributed by atoms with Gasteiger partial charge in [-0.2, -0.15) is 0 Å². The summed E-state index contributed by atoms with van der Waals surface area (Å²) in [4.78, 5) is 32.9. The summed E-state index contributed by atoms with van der Waals surface area (Å²) < 4.78 is 4.97. The number of amides is 1. The van der Waals surface area contributed by atoms with Gasteiger partial charge in [-0.25, -0.2) is 14.8 Å². The number of rotatable bonds is 7. The normalized spacial score (nSPS) is 10.6. The molecule has 140 valence electrons. The van der Waals surface area contributed by atoms with E-state index in [9.17, 15) is 9.59 Å². The number of esters is 1. The van der Waals surface area contributed by atoms with Crippen molar-refractivity contribution in [2.75, 3.05) is 17.7 Å². The first kappa shape index (κ1) is 19.1. The molecule has 27 heavy (non-hydrogen) atoms. The fourth-order valence-corrected chi connectivity index (χ4v) is 3.63. The summed E-state index contributed by atoms with van der Waals surface area (Å²) in [5.74, 6) is 0.0827. The first-order valence-corrected chi connectivity index (χ1v) is 9.92. The highest BCUT2D eigenvalue weighted by molar-refractivity contribution is 7.99. The molecule has 3 rings (SSSR count). The van der Waals surface area contributed by atoms with E-state index in [1.165, 1.54) is 11.8 Å². The summed E-state index contributed by atoms with van der Waals surface area (Å²) in [6, 6.07) is 9.60. The van der Waals surface area contributed by atoms with Crippen LogP contribution in [0.1, 0.15) is 22.3 Å². The zero-order chi connectivity index (χ0) is 19.2. The number of hydrogen-bond donors (Lipinski definition) is 2. The maximum atomic E-state index is 12.1. The van der Waals surface area contributed by atoms with Gasteiger partial charge >= 0.3 is 5.97 Å². The number of hydrogen-bond acceptors (Lipinski definition) is 8. The van der Waals surface area contributed by atoms with E-state index in [1.807, 2.05) is 30.3 Å². The van der Waals surface area contributed by atoms with Gasteiger partial charge in [0.25, 0.3) is 0 Å². The SMILES string of the molecule is CCOC(=O)c1sc(NC(=O)CSc2n[nH]c(-c3ccccc3)n2)nc1C. The maximum Gasteiger partial charge on any atom is 0.350 e. The van der Waals surface area contributed by atoms with E-state index in [2.05, 4.69) is 25.5 Å². The third-order valence-corrected chi connectivity index (χ3v) is 5.25. The largest absolute Gasteiger partial charge is 0.462 e. The van der Waals surface area contributed by atoms with Crippen molar-refractivity contribution < 1.29 is 14.3 Å². The smallest absolute Gasteiger partial charge is 0.350 e. The Morgan fingerprint density at radius 1 is 1.26 bits per heavy atom. The van der Waals surface area contributed by atoms with E-state index in [0.717, 1.165) is 16.9 Å². The number of H-pyrrole nitrogens is 1. The van der Waals surface area contributed by atoms with Crippen molar-refractivity contribution in [3.8, 4) is 11.4 Å². The van der Waals surface area contributed by atoms with Crippen LogP contribution in [0.3, 0.4) is 0 Å². The Balaban J connectivity index is 1.55. The van der Waals surface area contributed by atoms with Crippen molar-refractivity contribution >= 4 is 40.1 Å². The van der Waals surface area contributed by atoms with Crippen LogP contribution in [0.4, 0.5) is 5.13 Å². The second-order valence-electron chi connectivity index (χ2n) is 5.32. The number of thioether (sulfide) groups is 1. The maximum absolute atomic E-state index is 12.1. The average Bonchev–Trinajstić information content (AvgIpc) is 3.28. The Morgan fingerprint density at radius 2 is 2.04 bits per heavy atom. The number of ether oxygens (including phenoxy) is 1. The summed E-state index contributed by atoms with van der Waals surface area (Å²) in [6.45, 7) is 3.72. The van der Waals surface area contributed by atoms with Gasteiger partial charge in [0.1, 0.15) is 4.88 Å². The van der Waals surface area contributed by atoms with Crippen molar-refractivity contribution in [1.82, 2.24) is 20.2 Å². The van der Waals surface area contributed by atoms with Gasteiger partial charge in [-0.3, -0.25) is 9.89 Å². The number of thiazole rings is 1. The lowest BCUT2D eigenvalue weighted by atomic mass is 10.2. The standard InChI is InChI=1S/C17H17N5O3S2/c1-3-25-15(24)13-10(2)18-16(27-13)19-12(23)9-26-17-20-14(21-22-17)11-7-5-4-6-8-11/h4-8H,3,9H2,1-2H3,(H,18,19,23)(H,20,21,22). The number of aryl methyl sites for hydroxylation is 1. The van der Waals surface area contributed by atoms with Gasteiger partial charge in [0.2, 0.25) is 11.1 Å². The lowest BCUT2D eigenvalue weighted by Gasteiger charge is -1.99. The molecule has 0 atom stereocenters. The lowest BCUT2D eigenvalue weighted by molar-refractivity contribution is -0.113. The minimum atomic E-state index is -0.434. The highest BCUT2D eigenvalue weighted by Gasteiger charge is 2.18. The Hall–Kier alpha value is -2.72. The number of aromatic nitrogens is 4. The monoisotopic (exact) mass is 403 g/mol. The predicted octanol–water partition coefficient (Wildman–Crippen LogP) is 3.14. The van der Waals surface area contributed by atoms with E-state index >= 15 is 0 Å². The molecular formula is C17H17N5O3S2. The van der Waals surface area contributed by atoms with E-state index < -0.39 is 5.97 Å². The van der Waals surface area contributed by atoms with Crippen molar-refractivity contribution in [1.29, 1.82) is 0 Å². The molecule has 0 aliphatic heterocycles. The van der Waals surface area contributed by atoms with Crippen LogP contribution in [-0.2, 0) is 9.53 Å². The van der Waals surface area contributed by atoms with E-state index in [-0.39, 0.29) is 18.3 Å². The highest BCUT2D eigenvalue weighted by Crippen LogP contribution is 2.24. The molecule has 1 aromatic carbocycles. The first-order chi connectivity index (χ1) is 13.1. The van der Waals surface area contributed by atoms with Crippen LogP contribution in [0.2, 0.25) is 0 Å². The molecular weight excluding hydrogens is 386 g/mol. The molecule has 8 nitrogen and oxygen atoms in total. The number of benzene rings is 1. The Bertz CT molecular complexity index is 939. The molecule has 2 heterocycles. The Morgan fingerprint density at radius 3 is 2.78 bits per heavy atom. The lowest BCUT2D eigenvalue weighted by Crippen LogP contribution is -2.13. The fourth-order valence-electron chi connectivity index (χ4n) is 2.16. The number of nitrogens with one attached hydrogen (secondary N) is 2. The molecule has 1 amide bonds. The summed E-state index contributed by atoms with van der Waals surface area (Å²) in [7, 11) is 0. The van der Waals surface area contributed by atoms with Gasteiger partial charge in [0.05, 0.1) is 18.1 Å². The third-order valence-electron chi connectivity index (χ3n) is 3.35. The van der Waals surface area contributed by atoms with E-state index in [4.69, 9.17) is 4.74 Å². The fraction of sp³-hybridized carbons (Fsp3) is 0.235. The Labute approximate surface area is 163 Å². The zero-order valence-corrected chi connectivity index (χ0v) is 16.3. The predicted molar refractivity (Wildman–Crippen MR) is 104 cm³/mol. The quantitative estimate of drug-likeness (QED) is 0.460. The van der Waals surface area contributed by atoms with Gasteiger partial charge < -0.3 is 10.1 Å². The van der Waals surface area contributed by atoms with Gasteiger partial charge in [0.15, 0.2) is 11.0 Å². The molecule has 0 spiro atoms. The molecule has 0 fully saturated rings. The van der Waals surface area contributed by atoms with Gasteiger partial charge in [-0.1, -0.05) is 53.4 Å². The molecule has 3 aromatic rings. The third kappa shape index (κ3) is 4.92. The zero-order valence-electron chi connectivity index (χ0n) is 14.7. The number of nitrogens with zero attached hydrogens (tertiary/aromatic N) is 3. The second kappa shape index (κ2) is 8.78. The molecule has 0 radical (unpaired) electrons. The number of aromatic amines is 1. The highest BCUT2D eigenvalue weighted by atomic mass is 32.2. The summed E-state index contributed by atoms with van der Waals surface area (Å²) in [6.07, 6.45) is 0. The van der Waals surface area contributed by atoms with Crippen LogP contribution in [0.15, 0.2) is 35.5 Å². The van der Waals surface area contributed by atoms with Crippen molar-refractivity contribution in [3.05, 3.63) is 40.9 Å². The van der Waals surface area contributed by atoms with Crippen LogP contribution in [0.25, 0.3) is 11.4 Å². The van der Waals surface area contributed by atoms with Crippen molar-refractivity contribution in [3.63, 3.8) is 0 Å². The van der Waals surface area contributed by atoms with Crippen LogP contribution in [-0.4, -0.2) is 44.4 Å². The number of anilines is 1. The molecule has 0 saturated carbocycles. The molecule has 0 unspecified atom stereocenters. The number of carbonyl (C=O) groups excluding carboxylic acids is 2. The minimum Gasteiger partial charge on any atom is -0.462 e. The minimum absolute atomic E-state index is 0.124. The van der Waals surface area contributed by atoms with Crippen molar-refractivity contribution in [2.24, 2.45) is 0 Å². The summed E-state index contributed by atoms with van der Waals surface area (Å²) in [5, 5.41) is 10.5. The molecule has 2 aromatic heterocycles. The molecule has 0 saturated heterocycles. The van der Waals surface area contributed by atoms with Crippen LogP contribution >= 0.6 is 23.1 Å². The van der Waals surface area contributed by atoms with E-state index in [1.54, 1.807) is 13.8 Å². The van der Waals surface area contributed by atoms with E-state index in [0.29, 0.717) is 26.7 Å². The topological polar surface area (TPSA) is 110 Å². The first-order valence-electron chi connectivity index (χ1n) is 8.12. The van der Waals surface area contributed by atoms with Crippen LogP contribution in [0, 0.1) is 6.92 Å². The van der Waals surface area contributed by atoms with Gasteiger partial charge in [0, 0.05) is 5.56 Å². The molecule has 2 N–H and O–H groups in total. The number of carbonyl (C=O) groups is 2. The second-order valence-corrected chi connectivity index (χ2v) is 7.27. The van der Waals surface area contributed by atoms with Crippen LogP contribution in [0.5, 0.6) is 0 Å². The molecule has 0 aliphatic carbocycles. The van der Waals surface area contributed by atoms with Crippen molar-refractivity contribution in [2.45, 2.75) is 19.0 Å². The Kier molecular flexibility index (Phi) is 6.20. The average molecular weight is 403 g/mol. The summed E-state index contributed by atoms with van der Waals surface area (Å²) >= 11 is 2.30. The summed E-state index contributed by atoms with van der Waals surface area (Å²) in [5.41, 5.74) is 1.45. The molecule has 0 bridgehead atoms. The van der Waals surface area contributed by atoms with Gasteiger partial charge in [-0.05, 0) is 13.8 Å². The van der Waals surface area contributed by atoms with Crippen LogP contribution < -0.4 is 5.32 Å².